The van der Waals surface area contributed by atoms with E-state index in [2.05, 4.69) is 26.6 Å². The highest BCUT2D eigenvalue weighted by atomic mass is 79.9. The molecule has 0 aromatic heterocycles. The summed E-state index contributed by atoms with van der Waals surface area (Å²) in [7, 11) is 0. The van der Waals surface area contributed by atoms with E-state index in [0.717, 1.165) is 4.47 Å². The molecule has 7 heteroatoms. The van der Waals surface area contributed by atoms with Gasteiger partial charge in [-0.25, -0.2) is 0 Å². The molecule has 0 heterocycles. The van der Waals surface area contributed by atoms with Gasteiger partial charge in [-0.3, -0.25) is 9.59 Å². The number of halogens is 1. The Morgan fingerprint density at radius 3 is 2.52 bits per heavy atom. The standard InChI is InChI=1S/C20H23BrN2O4/c1-2-26-13-14-27-18-6-4-3-5-17(18)20(25)22-12-11-19(24)23-16-9-7-15(21)8-10-16/h3-10H,2,11-14H2,1H3,(H,22,25)(H,23,24). The van der Waals surface area contributed by atoms with Crippen LogP contribution in [0.3, 0.4) is 0 Å². The quantitative estimate of drug-likeness (QED) is 0.559. The summed E-state index contributed by atoms with van der Waals surface area (Å²) < 4.78 is 11.8. The highest BCUT2D eigenvalue weighted by Gasteiger charge is 2.12. The summed E-state index contributed by atoms with van der Waals surface area (Å²) in [5.74, 6) is 0.0475. The molecule has 0 saturated heterocycles. The Hall–Kier alpha value is -2.38. The summed E-state index contributed by atoms with van der Waals surface area (Å²) in [5, 5.41) is 5.53. The van der Waals surface area contributed by atoms with Crippen molar-refractivity contribution >= 4 is 33.4 Å². The van der Waals surface area contributed by atoms with Gasteiger partial charge >= 0.3 is 0 Å². The van der Waals surface area contributed by atoms with Crippen LogP contribution in [-0.2, 0) is 9.53 Å². The van der Waals surface area contributed by atoms with E-state index in [1.54, 1.807) is 36.4 Å². The first kappa shape index (κ1) is 20.9. The van der Waals surface area contributed by atoms with Crippen LogP contribution in [0.25, 0.3) is 0 Å². The average molecular weight is 435 g/mol. The van der Waals surface area contributed by atoms with Crippen molar-refractivity contribution in [2.75, 3.05) is 31.7 Å². The predicted molar refractivity (Wildman–Crippen MR) is 108 cm³/mol. The first-order valence-electron chi connectivity index (χ1n) is 8.73. The molecule has 2 rings (SSSR count). The van der Waals surface area contributed by atoms with E-state index in [4.69, 9.17) is 9.47 Å². The molecule has 0 aliphatic heterocycles. The van der Waals surface area contributed by atoms with Crippen LogP contribution in [0.5, 0.6) is 5.75 Å². The lowest BCUT2D eigenvalue weighted by Crippen LogP contribution is -2.28. The van der Waals surface area contributed by atoms with Crippen molar-refractivity contribution in [3.63, 3.8) is 0 Å². The lowest BCUT2D eigenvalue weighted by molar-refractivity contribution is -0.116. The Balaban J connectivity index is 1.79. The number of anilines is 1. The van der Waals surface area contributed by atoms with Crippen molar-refractivity contribution in [3.8, 4) is 5.75 Å². The number of hydrogen-bond donors (Lipinski definition) is 2. The molecule has 0 fully saturated rings. The number of amides is 2. The van der Waals surface area contributed by atoms with Gasteiger partial charge in [0, 0.05) is 29.7 Å². The maximum atomic E-state index is 12.4. The number of hydrogen-bond acceptors (Lipinski definition) is 4. The third-order valence-corrected chi connectivity index (χ3v) is 4.12. The van der Waals surface area contributed by atoms with E-state index in [1.807, 2.05) is 19.1 Å². The molecule has 0 atom stereocenters. The molecule has 2 N–H and O–H groups in total. The van der Waals surface area contributed by atoms with Gasteiger partial charge in [-0.05, 0) is 43.3 Å². The minimum atomic E-state index is -0.279. The fourth-order valence-corrected chi connectivity index (χ4v) is 2.54. The van der Waals surface area contributed by atoms with E-state index >= 15 is 0 Å². The molecule has 0 radical (unpaired) electrons. The van der Waals surface area contributed by atoms with E-state index in [-0.39, 0.29) is 24.8 Å². The molecule has 0 bridgehead atoms. The van der Waals surface area contributed by atoms with Crippen LogP contribution in [0, 0.1) is 0 Å². The monoisotopic (exact) mass is 434 g/mol. The van der Waals surface area contributed by atoms with Crippen LogP contribution in [0.4, 0.5) is 5.69 Å². The molecule has 0 aliphatic rings. The predicted octanol–water partition coefficient (Wildman–Crippen LogP) is 3.62. The number of nitrogens with one attached hydrogen (secondary N) is 2. The van der Waals surface area contributed by atoms with Crippen LogP contribution in [0.2, 0.25) is 0 Å². The van der Waals surface area contributed by atoms with Gasteiger partial charge in [-0.1, -0.05) is 28.1 Å². The second kappa shape index (κ2) is 11.4. The summed E-state index contributed by atoms with van der Waals surface area (Å²) in [6.45, 7) is 3.59. The Morgan fingerprint density at radius 2 is 1.78 bits per heavy atom. The summed E-state index contributed by atoms with van der Waals surface area (Å²) in [6, 6.07) is 14.3. The van der Waals surface area contributed by atoms with Gasteiger partial charge in [0.25, 0.3) is 5.91 Å². The SMILES string of the molecule is CCOCCOc1ccccc1C(=O)NCCC(=O)Nc1ccc(Br)cc1. The molecule has 0 saturated carbocycles. The Morgan fingerprint density at radius 1 is 1.04 bits per heavy atom. The number of carbonyl (C=O) groups is 2. The highest BCUT2D eigenvalue weighted by Crippen LogP contribution is 2.18. The van der Waals surface area contributed by atoms with Crippen LogP contribution in [0.1, 0.15) is 23.7 Å². The van der Waals surface area contributed by atoms with Crippen molar-refractivity contribution in [2.45, 2.75) is 13.3 Å². The summed E-state index contributed by atoms with van der Waals surface area (Å²) >= 11 is 3.34. The van der Waals surface area contributed by atoms with Crippen LogP contribution in [-0.4, -0.2) is 38.2 Å². The number of para-hydroxylation sites is 1. The maximum absolute atomic E-state index is 12.4. The molecule has 144 valence electrons. The normalized spacial score (nSPS) is 10.3. The molecular formula is C20H23BrN2O4. The van der Waals surface area contributed by atoms with Gasteiger partial charge in [-0.15, -0.1) is 0 Å². The van der Waals surface area contributed by atoms with Gasteiger partial charge in [0.05, 0.1) is 12.2 Å². The zero-order valence-electron chi connectivity index (χ0n) is 15.2. The molecule has 2 aromatic rings. The first-order valence-corrected chi connectivity index (χ1v) is 9.52. The fourth-order valence-electron chi connectivity index (χ4n) is 2.28. The van der Waals surface area contributed by atoms with Crippen molar-refractivity contribution in [2.24, 2.45) is 0 Å². The molecule has 2 amide bonds. The van der Waals surface area contributed by atoms with Gasteiger partial charge < -0.3 is 20.1 Å². The fraction of sp³-hybridized carbons (Fsp3) is 0.300. The summed E-state index contributed by atoms with van der Waals surface area (Å²) in [4.78, 5) is 24.3. The van der Waals surface area contributed by atoms with Crippen molar-refractivity contribution in [1.82, 2.24) is 5.32 Å². The van der Waals surface area contributed by atoms with E-state index in [0.29, 0.717) is 36.8 Å². The van der Waals surface area contributed by atoms with Crippen molar-refractivity contribution in [1.29, 1.82) is 0 Å². The second-order valence-corrected chi connectivity index (χ2v) is 6.52. The molecule has 0 spiro atoms. The molecule has 27 heavy (non-hydrogen) atoms. The highest BCUT2D eigenvalue weighted by molar-refractivity contribution is 9.10. The lowest BCUT2D eigenvalue weighted by atomic mass is 10.2. The Kier molecular flexibility index (Phi) is 8.80. The second-order valence-electron chi connectivity index (χ2n) is 5.60. The molecule has 0 unspecified atom stereocenters. The van der Waals surface area contributed by atoms with E-state index in [1.165, 1.54) is 0 Å². The van der Waals surface area contributed by atoms with Gasteiger partial charge in [0.2, 0.25) is 5.91 Å². The topological polar surface area (TPSA) is 76.7 Å². The van der Waals surface area contributed by atoms with E-state index < -0.39 is 0 Å². The van der Waals surface area contributed by atoms with Crippen molar-refractivity contribution in [3.05, 3.63) is 58.6 Å². The first-order chi connectivity index (χ1) is 13.1. The molecule has 0 aliphatic carbocycles. The third-order valence-electron chi connectivity index (χ3n) is 3.59. The van der Waals surface area contributed by atoms with Crippen LogP contribution < -0.4 is 15.4 Å². The summed E-state index contributed by atoms with van der Waals surface area (Å²) in [6.07, 6.45) is 0.176. The zero-order chi connectivity index (χ0) is 19.5. The largest absolute Gasteiger partial charge is 0.490 e. The number of benzene rings is 2. The third kappa shape index (κ3) is 7.40. The maximum Gasteiger partial charge on any atom is 0.255 e. The van der Waals surface area contributed by atoms with Crippen molar-refractivity contribution < 1.29 is 19.1 Å². The minimum absolute atomic E-state index is 0.168. The van der Waals surface area contributed by atoms with Gasteiger partial charge in [0.1, 0.15) is 12.4 Å². The van der Waals surface area contributed by atoms with Gasteiger partial charge in [-0.2, -0.15) is 0 Å². The lowest BCUT2D eigenvalue weighted by Gasteiger charge is -2.12. The average Bonchev–Trinajstić information content (AvgIpc) is 2.67. The zero-order valence-corrected chi connectivity index (χ0v) is 16.8. The van der Waals surface area contributed by atoms with Gasteiger partial charge in [0.15, 0.2) is 0 Å². The minimum Gasteiger partial charge on any atom is -0.490 e. The van der Waals surface area contributed by atoms with Crippen LogP contribution in [0.15, 0.2) is 53.0 Å². The molecule has 2 aromatic carbocycles. The molecule has 6 nitrogen and oxygen atoms in total. The Labute approximate surface area is 167 Å². The number of carbonyl (C=O) groups excluding carboxylic acids is 2. The smallest absolute Gasteiger partial charge is 0.255 e. The Bertz CT molecular complexity index is 750. The van der Waals surface area contributed by atoms with Crippen LogP contribution >= 0.6 is 15.9 Å². The number of ether oxygens (including phenoxy) is 2. The molecular weight excluding hydrogens is 412 g/mol. The van der Waals surface area contributed by atoms with E-state index in [9.17, 15) is 9.59 Å². The summed E-state index contributed by atoms with van der Waals surface area (Å²) in [5.41, 5.74) is 1.14. The number of rotatable bonds is 10.